The van der Waals surface area contributed by atoms with Gasteiger partial charge >= 0.3 is 11.9 Å². The van der Waals surface area contributed by atoms with Gasteiger partial charge in [0, 0.05) is 16.3 Å². The highest BCUT2D eigenvalue weighted by molar-refractivity contribution is 7.14. The van der Waals surface area contributed by atoms with Crippen LogP contribution in [0.3, 0.4) is 0 Å². The predicted molar refractivity (Wildman–Crippen MR) is 96.9 cm³/mol. The van der Waals surface area contributed by atoms with Gasteiger partial charge in [-0.3, -0.25) is 9.59 Å². The predicted octanol–water partition coefficient (Wildman–Crippen LogP) is 3.74. The molecule has 3 aromatic rings. The van der Waals surface area contributed by atoms with Gasteiger partial charge in [0.15, 0.2) is 0 Å². The molecule has 0 spiro atoms. The van der Waals surface area contributed by atoms with E-state index >= 15 is 0 Å². The van der Waals surface area contributed by atoms with Gasteiger partial charge in [0.25, 0.3) is 0 Å². The number of esters is 2. The summed E-state index contributed by atoms with van der Waals surface area (Å²) in [5.74, 6) is -0.246. The van der Waals surface area contributed by atoms with Gasteiger partial charge in [-0.05, 0) is 29.1 Å². The molecule has 0 unspecified atom stereocenters. The largest absolute Gasteiger partial charge is 0.469 e. The van der Waals surface area contributed by atoms with Crippen molar-refractivity contribution >= 4 is 34.6 Å². The van der Waals surface area contributed by atoms with Crippen molar-refractivity contribution in [2.45, 2.75) is 12.8 Å². The minimum absolute atomic E-state index is 0.116. The molecule has 0 atom stereocenters. The SMILES string of the molecule is COC(=O)Cc1ccc(OC(=O)Cc2csc(-c3ccsc3)n2)cc1. The third kappa shape index (κ3) is 4.74. The van der Waals surface area contributed by atoms with E-state index < -0.39 is 0 Å². The fraction of sp³-hybridized carbons (Fsp3) is 0.167. The van der Waals surface area contributed by atoms with Crippen LogP contribution in [0.5, 0.6) is 5.75 Å². The maximum Gasteiger partial charge on any atom is 0.317 e. The summed E-state index contributed by atoms with van der Waals surface area (Å²) in [6.07, 6.45) is 0.305. The molecule has 5 nitrogen and oxygen atoms in total. The molecular formula is C18H15NO4S2. The molecule has 2 aromatic heterocycles. The summed E-state index contributed by atoms with van der Waals surface area (Å²) < 4.78 is 9.93. The highest BCUT2D eigenvalue weighted by Gasteiger charge is 2.11. The molecule has 0 fully saturated rings. The van der Waals surface area contributed by atoms with Crippen LogP contribution in [-0.4, -0.2) is 24.0 Å². The van der Waals surface area contributed by atoms with Gasteiger partial charge in [0.2, 0.25) is 0 Å². The fourth-order valence-electron chi connectivity index (χ4n) is 2.14. The minimum Gasteiger partial charge on any atom is -0.469 e. The van der Waals surface area contributed by atoms with Gasteiger partial charge in [-0.15, -0.1) is 11.3 Å². The van der Waals surface area contributed by atoms with E-state index in [0.29, 0.717) is 11.4 Å². The molecular weight excluding hydrogens is 358 g/mol. The van der Waals surface area contributed by atoms with E-state index in [0.717, 1.165) is 16.1 Å². The normalized spacial score (nSPS) is 10.4. The quantitative estimate of drug-likeness (QED) is 0.486. The van der Waals surface area contributed by atoms with Crippen LogP contribution in [0.4, 0.5) is 0 Å². The zero-order valence-corrected chi connectivity index (χ0v) is 15.1. The number of nitrogens with zero attached hydrogens (tertiary/aromatic N) is 1. The van der Waals surface area contributed by atoms with Crippen molar-refractivity contribution in [1.29, 1.82) is 0 Å². The number of hydrogen-bond acceptors (Lipinski definition) is 7. The van der Waals surface area contributed by atoms with Crippen LogP contribution in [0.25, 0.3) is 10.6 Å². The topological polar surface area (TPSA) is 65.5 Å². The number of carbonyl (C=O) groups is 2. The number of benzene rings is 1. The third-order valence-corrected chi connectivity index (χ3v) is 5.00. The zero-order chi connectivity index (χ0) is 17.6. The van der Waals surface area contributed by atoms with Crippen molar-refractivity contribution in [2.24, 2.45) is 0 Å². The lowest BCUT2D eigenvalue weighted by molar-refractivity contribution is -0.139. The first kappa shape index (κ1) is 17.3. The molecule has 0 saturated heterocycles. The Hall–Kier alpha value is -2.51. The molecule has 2 heterocycles. The lowest BCUT2D eigenvalue weighted by atomic mass is 10.1. The van der Waals surface area contributed by atoms with E-state index in [4.69, 9.17) is 4.74 Å². The number of carbonyl (C=O) groups excluding carboxylic acids is 2. The van der Waals surface area contributed by atoms with Crippen LogP contribution in [0.2, 0.25) is 0 Å². The van der Waals surface area contributed by atoms with Crippen molar-refractivity contribution in [3.63, 3.8) is 0 Å². The molecule has 1 aromatic carbocycles. The minimum atomic E-state index is -0.372. The second-order valence-corrected chi connectivity index (χ2v) is 6.84. The Balaban J connectivity index is 1.56. The van der Waals surface area contributed by atoms with Gasteiger partial charge in [-0.2, -0.15) is 11.3 Å². The first-order valence-corrected chi connectivity index (χ1v) is 9.29. The van der Waals surface area contributed by atoms with E-state index in [1.165, 1.54) is 18.4 Å². The van der Waals surface area contributed by atoms with Crippen LogP contribution >= 0.6 is 22.7 Å². The third-order valence-electron chi connectivity index (χ3n) is 3.38. The molecule has 25 heavy (non-hydrogen) atoms. The average Bonchev–Trinajstić information content (AvgIpc) is 3.27. The average molecular weight is 373 g/mol. The first-order valence-electron chi connectivity index (χ1n) is 7.47. The summed E-state index contributed by atoms with van der Waals surface area (Å²) >= 11 is 3.12. The van der Waals surface area contributed by atoms with Crippen molar-refractivity contribution in [1.82, 2.24) is 4.98 Å². The Morgan fingerprint density at radius 2 is 1.84 bits per heavy atom. The van der Waals surface area contributed by atoms with Gasteiger partial charge in [0.1, 0.15) is 10.8 Å². The van der Waals surface area contributed by atoms with Crippen LogP contribution < -0.4 is 4.74 Å². The summed E-state index contributed by atoms with van der Waals surface area (Å²) in [4.78, 5) is 27.7. The van der Waals surface area contributed by atoms with Crippen molar-refractivity contribution in [3.8, 4) is 16.3 Å². The second kappa shape index (κ2) is 8.04. The lowest BCUT2D eigenvalue weighted by Gasteiger charge is -2.05. The summed E-state index contributed by atoms with van der Waals surface area (Å²) in [6.45, 7) is 0. The molecule has 0 bridgehead atoms. The van der Waals surface area contributed by atoms with Gasteiger partial charge in [0.05, 0.1) is 25.6 Å². The highest BCUT2D eigenvalue weighted by atomic mass is 32.1. The first-order chi connectivity index (χ1) is 12.1. The van der Waals surface area contributed by atoms with E-state index in [9.17, 15) is 9.59 Å². The van der Waals surface area contributed by atoms with Gasteiger partial charge < -0.3 is 9.47 Å². The highest BCUT2D eigenvalue weighted by Crippen LogP contribution is 2.26. The molecule has 0 N–H and O–H groups in total. The van der Waals surface area contributed by atoms with Gasteiger partial charge in [-0.25, -0.2) is 4.98 Å². The summed E-state index contributed by atoms with van der Waals surface area (Å²) in [7, 11) is 1.35. The Bertz CT molecular complexity index is 854. The van der Waals surface area contributed by atoms with Crippen LogP contribution in [0, 0.1) is 0 Å². The number of hydrogen-bond donors (Lipinski definition) is 0. The summed E-state index contributed by atoms with van der Waals surface area (Å²) in [5.41, 5.74) is 2.56. The number of thiazole rings is 1. The standard InChI is InChI=1S/C18H15NO4S2/c1-22-16(20)8-12-2-4-15(5-3-12)23-17(21)9-14-11-25-18(19-14)13-6-7-24-10-13/h2-7,10-11H,8-9H2,1H3. The van der Waals surface area contributed by atoms with E-state index in [1.54, 1.807) is 35.6 Å². The molecule has 0 aliphatic carbocycles. The zero-order valence-electron chi connectivity index (χ0n) is 13.4. The number of methoxy groups -OCH3 is 1. The molecule has 0 aliphatic rings. The van der Waals surface area contributed by atoms with Crippen molar-refractivity contribution in [3.05, 3.63) is 57.7 Å². The maximum absolute atomic E-state index is 12.1. The lowest BCUT2D eigenvalue weighted by Crippen LogP contribution is -2.11. The summed E-state index contributed by atoms with van der Waals surface area (Å²) in [5, 5.41) is 6.79. The molecule has 128 valence electrons. The Morgan fingerprint density at radius 3 is 2.52 bits per heavy atom. The maximum atomic E-state index is 12.1. The van der Waals surface area contributed by atoms with Crippen LogP contribution in [0.15, 0.2) is 46.5 Å². The van der Waals surface area contributed by atoms with Crippen molar-refractivity contribution < 1.29 is 19.1 Å². The van der Waals surface area contributed by atoms with E-state index in [1.807, 2.05) is 22.2 Å². The molecule has 7 heteroatoms. The number of aromatic nitrogens is 1. The van der Waals surface area contributed by atoms with E-state index in [-0.39, 0.29) is 24.8 Å². The molecule has 0 radical (unpaired) electrons. The Labute approximate surface area is 152 Å². The van der Waals surface area contributed by atoms with Crippen molar-refractivity contribution in [2.75, 3.05) is 7.11 Å². The summed E-state index contributed by atoms with van der Waals surface area (Å²) in [6, 6.07) is 8.79. The Morgan fingerprint density at radius 1 is 1.04 bits per heavy atom. The van der Waals surface area contributed by atoms with Gasteiger partial charge in [-0.1, -0.05) is 12.1 Å². The fourth-order valence-corrected chi connectivity index (χ4v) is 3.67. The second-order valence-electron chi connectivity index (χ2n) is 5.20. The monoisotopic (exact) mass is 373 g/mol. The molecule has 0 aliphatic heterocycles. The van der Waals surface area contributed by atoms with E-state index in [2.05, 4.69) is 9.72 Å². The molecule has 3 rings (SSSR count). The van der Waals surface area contributed by atoms with Crippen LogP contribution in [-0.2, 0) is 27.2 Å². The number of thiophene rings is 1. The smallest absolute Gasteiger partial charge is 0.317 e. The number of rotatable bonds is 6. The Kier molecular flexibility index (Phi) is 5.57. The van der Waals surface area contributed by atoms with Crippen LogP contribution in [0.1, 0.15) is 11.3 Å². The number of ether oxygens (including phenoxy) is 2. The molecule has 0 saturated carbocycles. The molecule has 0 amide bonds.